The maximum absolute atomic E-state index is 12.7. The van der Waals surface area contributed by atoms with Crippen molar-refractivity contribution in [3.05, 3.63) is 53.4 Å². The molecule has 1 aromatic heterocycles. The molecule has 1 N–H and O–H groups in total. The zero-order valence-electron chi connectivity index (χ0n) is 18.0. The van der Waals surface area contributed by atoms with Crippen LogP contribution in [0.5, 0.6) is 11.5 Å². The zero-order valence-corrected chi connectivity index (χ0v) is 18.8. The average molecular weight is 457 g/mol. The monoisotopic (exact) mass is 456 g/mol. The van der Waals surface area contributed by atoms with Gasteiger partial charge in [0.25, 0.3) is 0 Å². The lowest BCUT2D eigenvalue weighted by atomic mass is 9.97. The molecule has 168 valence electrons. The van der Waals surface area contributed by atoms with Crippen molar-refractivity contribution in [3.63, 3.8) is 0 Å². The van der Waals surface area contributed by atoms with Gasteiger partial charge in [0.05, 0.1) is 26.7 Å². The Balaban J connectivity index is 1.38. The Labute approximate surface area is 191 Å². The molecule has 2 heterocycles. The van der Waals surface area contributed by atoms with E-state index >= 15 is 0 Å². The molecule has 1 fully saturated rings. The van der Waals surface area contributed by atoms with Gasteiger partial charge >= 0.3 is 0 Å². The van der Waals surface area contributed by atoms with Crippen LogP contribution in [0.25, 0.3) is 11.4 Å². The van der Waals surface area contributed by atoms with Crippen LogP contribution in [0, 0.1) is 5.92 Å². The van der Waals surface area contributed by atoms with Gasteiger partial charge in [-0.1, -0.05) is 22.8 Å². The van der Waals surface area contributed by atoms with Crippen molar-refractivity contribution in [2.45, 2.75) is 19.4 Å². The largest absolute Gasteiger partial charge is 0.493 e. The van der Waals surface area contributed by atoms with E-state index in [-0.39, 0.29) is 11.8 Å². The van der Waals surface area contributed by atoms with Crippen LogP contribution in [0.15, 0.2) is 47.0 Å². The highest BCUT2D eigenvalue weighted by Gasteiger charge is 2.27. The number of likely N-dealkylation sites (tertiary alicyclic amines) is 1. The molecule has 9 heteroatoms. The molecule has 0 radical (unpaired) electrons. The summed E-state index contributed by atoms with van der Waals surface area (Å²) in [7, 11) is 3.17. The summed E-state index contributed by atoms with van der Waals surface area (Å²) in [5.41, 5.74) is 1.48. The minimum atomic E-state index is -0.115. The van der Waals surface area contributed by atoms with E-state index in [0.29, 0.717) is 47.0 Å². The maximum Gasteiger partial charge on any atom is 0.241 e. The molecule has 1 aliphatic heterocycles. The summed E-state index contributed by atoms with van der Waals surface area (Å²) in [6.45, 7) is 1.98. The lowest BCUT2D eigenvalue weighted by molar-refractivity contribution is -0.121. The molecule has 0 aliphatic carbocycles. The van der Waals surface area contributed by atoms with Crippen molar-refractivity contribution in [2.75, 3.05) is 32.6 Å². The van der Waals surface area contributed by atoms with E-state index < -0.39 is 0 Å². The number of hydrogen-bond acceptors (Lipinski definition) is 7. The number of anilines is 1. The molecule has 1 unspecified atom stereocenters. The number of benzene rings is 2. The maximum atomic E-state index is 12.7. The molecule has 1 amide bonds. The Morgan fingerprint density at radius 1 is 1.22 bits per heavy atom. The summed E-state index contributed by atoms with van der Waals surface area (Å²) in [5, 5.41) is 7.65. The molecule has 4 rings (SSSR count). The molecule has 1 saturated heterocycles. The van der Waals surface area contributed by atoms with E-state index in [1.807, 2.05) is 24.3 Å². The molecule has 2 aromatic carbocycles. The first-order valence-corrected chi connectivity index (χ1v) is 10.8. The van der Waals surface area contributed by atoms with Crippen LogP contribution in [0.2, 0.25) is 5.02 Å². The highest BCUT2D eigenvalue weighted by molar-refractivity contribution is 6.30. The van der Waals surface area contributed by atoms with Gasteiger partial charge < -0.3 is 19.3 Å². The summed E-state index contributed by atoms with van der Waals surface area (Å²) in [4.78, 5) is 19.4. The Morgan fingerprint density at radius 2 is 2.06 bits per heavy atom. The van der Waals surface area contributed by atoms with E-state index in [9.17, 15) is 4.79 Å². The van der Waals surface area contributed by atoms with E-state index in [1.54, 1.807) is 32.4 Å². The van der Waals surface area contributed by atoms with Gasteiger partial charge in [-0.25, -0.2) is 0 Å². The van der Waals surface area contributed by atoms with Crippen molar-refractivity contribution in [1.29, 1.82) is 0 Å². The second-order valence-electron chi connectivity index (χ2n) is 7.66. The lowest BCUT2D eigenvalue weighted by Crippen LogP contribution is -2.40. The number of methoxy groups -OCH3 is 2. The molecular formula is C23H25ClN4O4. The van der Waals surface area contributed by atoms with Crippen LogP contribution in [0.4, 0.5) is 5.69 Å². The van der Waals surface area contributed by atoms with Gasteiger partial charge in [-0.05, 0) is 55.8 Å². The summed E-state index contributed by atoms with van der Waals surface area (Å²) in [6.07, 6.45) is 1.76. The zero-order chi connectivity index (χ0) is 22.5. The van der Waals surface area contributed by atoms with Crippen molar-refractivity contribution in [2.24, 2.45) is 5.92 Å². The van der Waals surface area contributed by atoms with Crippen LogP contribution in [-0.4, -0.2) is 48.3 Å². The van der Waals surface area contributed by atoms with Crippen LogP contribution in [0.3, 0.4) is 0 Å². The standard InChI is InChI=1S/C23H25ClN4O4/c1-30-19-9-8-15(11-20(19)31-2)22-26-21(32-27-22)14-28-10-4-5-16(13-28)23(29)25-18-7-3-6-17(24)12-18/h3,6-9,11-12,16H,4-5,10,13-14H2,1-2H3,(H,25,29). The Bertz CT molecular complexity index is 1090. The molecule has 3 aromatic rings. The van der Waals surface area contributed by atoms with Crippen molar-refractivity contribution in [3.8, 4) is 22.9 Å². The number of piperidine rings is 1. The van der Waals surface area contributed by atoms with Crippen LogP contribution < -0.4 is 14.8 Å². The number of nitrogens with zero attached hydrogens (tertiary/aromatic N) is 3. The van der Waals surface area contributed by atoms with Crippen molar-refractivity contribution in [1.82, 2.24) is 15.0 Å². The molecule has 8 nitrogen and oxygen atoms in total. The number of aromatic nitrogens is 2. The second kappa shape index (κ2) is 10.0. The number of halogens is 1. The van der Waals surface area contributed by atoms with Gasteiger partial charge in [-0.15, -0.1) is 0 Å². The third-order valence-corrected chi connectivity index (χ3v) is 5.67. The van der Waals surface area contributed by atoms with Crippen molar-refractivity contribution < 1.29 is 18.8 Å². The summed E-state index contributed by atoms with van der Waals surface area (Å²) in [5.74, 6) is 2.10. The smallest absolute Gasteiger partial charge is 0.241 e. The van der Waals surface area contributed by atoms with Gasteiger partial charge in [0.1, 0.15) is 0 Å². The molecule has 0 spiro atoms. The third kappa shape index (κ3) is 5.20. The van der Waals surface area contributed by atoms with E-state index in [4.69, 9.17) is 25.6 Å². The summed E-state index contributed by atoms with van der Waals surface area (Å²) < 4.78 is 16.1. The first-order chi connectivity index (χ1) is 15.6. The fourth-order valence-electron chi connectivity index (χ4n) is 3.83. The number of nitrogens with one attached hydrogen (secondary N) is 1. The summed E-state index contributed by atoms with van der Waals surface area (Å²) >= 11 is 6.01. The number of ether oxygens (including phenoxy) is 2. The molecule has 0 bridgehead atoms. The van der Waals surface area contributed by atoms with E-state index in [1.165, 1.54) is 0 Å². The number of amides is 1. The van der Waals surface area contributed by atoms with E-state index in [2.05, 4.69) is 20.4 Å². The molecule has 1 aliphatic rings. The highest BCUT2D eigenvalue weighted by Crippen LogP contribution is 2.31. The minimum absolute atomic E-state index is 0.00601. The number of carbonyl (C=O) groups excluding carboxylic acids is 1. The van der Waals surface area contributed by atoms with Gasteiger partial charge in [0, 0.05) is 22.8 Å². The number of hydrogen-bond donors (Lipinski definition) is 1. The highest BCUT2D eigenvalue weighted by atomic mass is 35.5. The van der Waals surface area contributed by atoms with Gasteiger partial charge in [-0.3, -0.25) is 9.69 Å². The SMILES string of the molecule is COc1ccc(-c2noc(CN3CCCC(C(=O)Nc4cccc(Cl)c4)C3)n2)cc1OC. The summed E-state index contributed by atoms with van der Waals surface area (Å²) in [6, 6.07) is 12.6. The van der Waals surface area contributed by atoms with Gasteiger partial charge in [0.15, 0.2) is 11.5 Å². The molecule has 32 heavy (non-hydrogen) atoms. The number of carbonyl (C=O) groups is 1. The van der Waals surface area contributed by atoms with Gasteiger partial charge in [0.2, 0.25) is 17.6 Å². The second-order valence-corrected chi connectivity index (χ2v) is 8.09. The molecular weight excluding hydrogens is 432 g/mol. The Hall–Kier alpha value is -3.10. The van der Waals surface area contributed by atoms with Crippen LogP contribution >= 0.6 is 11.6 Å². The first-order valence-electron chi connectivity index (χ1n) is 10.4. The molecule has 1 atom stereocenters. The van der Waals surface area contributed by atoms with E-state index in [0.717, 1.165) is 24.9 Å². The molecule has 0 saturated carbocycles. The lowest BCUT2D eigenvalue weighted by Gasteiger charge is -2.30. The fraction of sp³-hybridized carbons (Fsp3) is 0.348. The Kier molecular flexibility index (Phi) is 6.92. The van der Waals surface area contributed by atoms with Crippen LogP contribution in [-0.2, 0) is 11.3 Å². The first kappa shape index (κ1) is 22.1. The normalized spacial score (nSPS) is 16.5. The predicted molar refractivity (Wildman–Crippen MR) is 121 cm³/mol. The quantitative estimate of drug-likeness (QED) is 0.568. The fourth-order valence-corrected chi connectivity index (χ4v) is 4.02. The minimum Gasteiger partial charge on any atom is -0.493 e. The average Bonchev–Trinajstić information content (AvgIpc) is 3.27. The number of rotatable bonds is 7. The predicted octanol–water partition coefficient (Wildman–Crippen LogP) is 4.26. The van der Waals surface area contributed by atoms with Crippen molar-refractivity contribution >= 4 is 23.2 Å². The Morgan fingerprint density at radius 3 is 2.84 bits per heavy atom. The third-order valence-electron chi connectivity index (χ3n) is 5.44. The topological polar surface area (TPSA) is 89.7 Å². The van der Waals surface area contributed by atoms with Gasteiger partial charge in [-0.2, -0.15) is 4.98 Å². The van der Waals surface area contributed by atoms with Crippen LogP contribution in [0.1, 0.15) is 18.7 Å².